The summed E-state index contributed by atoms with van der Waals surface area (Å²) in [4.78, 5) is 9.05. The van der Waals surface area contributed by atoms with Crippen molar-refractivity contribution in [1.29, 1.82) is 0 Å². The van der Waals surface area contributed by atoms with Crippen LogP contribution in [0.3, 0.4) is 0 Å². The molecule has 0 N–H and O–H groups in total. The lowest BCUT2D eigenvalue weighted by molar-refractivity contribution is 0.213. The summed E-state index contributed by atoms with van der Waals surface area (Å²) in [5, 5.41) is 4.02. The molecule has 0 saturated heterocycles. The molecule has 0 spiro atoms. The lowest BCUT2D eigenvalue weighted by Gasteiger charge is -2.11. The van der Waals surface area contributed by atoms with Crippen molar-refractivity contribution in [3.05, 3.63) is 78.5 Å². The zero-order valence-corrected chi connectivity index (χ0v) is 12.0. The van der Waals surface area contributed by atoms with Gasteiger partial charge in [-0.3, -0.25) is 0 Å². The number of ether oxygens (including phenoxy) is 1. The van der Waals surface area contributed by atoms with E-state index in [1.807, 2.05) is 54.6 Å². The Hall–Kier alpha value is -3.08. The van der Waals surface area contributed by atoms with E-state index in [1.54, 1.807) is 6.20 Å². The summed E-state index contributed by atoms with van der Waals surface area (Å²) >= 11 is 0. The van der Waals surface area contributed by atoms with E-state index in [-0.39, 0.29) is 0 Å². The van der Waals surface area contributed by atoms with Crippen LogP contribution in [-0.2, 0) is 4.84 Å². The number of benzene rings is 2. The molecule has 3 rings (SSSR count). The third kappa shape index (κ3) is 2.98. The molecule has 1 heterocycles. The maximum atomic E-state index is 5.93. The molecule has 5 nitrogen and oxygen atoms in total. The molecule has 3 aromatic rings. The van der Waals surface area contributed by atoms with E-state index in [0.29, 0.717) is 17.4 Å². The summed E-state index contributed by atoms with van der Waals surface area (Å²) in [7, 11) is 1.48. The Balaban J connectivity index is 2.01. The van der Waals surface area contributed by atoms with E-state index in [9.17, 15) is 0 Å². The van der Waals surface area contributed by atoms with Crippen LogP contribution in [0.15, 0.2) is 76.6 Å². The fraction of sp³-hybridized carbons (Fsp3) is 0.0588. The van der Waals surface area contributed by atoms with Crippen LogP contribution in [-0.4, -0.2) is 17.8 Å². The summed E-state index contributed by atoms with van der Waals surface area (Å²) < 4.78 is 11.3. The van der Waals surface area contributed by atoms with Gasteiger partial charge in [0.15, 0.2) is 5.71 Å². The van der Waals surface area contributed by atoms with Gasteiger partial charge in [-0.05, 0) is 24.3 Å². The van der Waals surface area contributed by atoms with Crippen LogP contribution in [0, 0.1) is 0 Å². The molecule has 0 amide bonds. The van der Waals surface area contributed by atoms with Crippen LogP contribution >= 0.6 is 0 Å². The van der Waals surface area contributed by atoms with E-state index in [1.165, 1.54) is 13.4 Å². The van der Waals surface area contributed by atoms with Gasteiger partial charge in [0, 0.05) is 0 Å². The SMILES string of the molecule is CO/N=C(\c1ncco1)c1ccccc1Oc1ccccc1. The van der Waals surface area contributed by atoms with Crippen molar-refractivity contribution in [3.8, 4) is 11.5 Å². The Morgan fingerprint density at radius 2 is 1.82 bits per heavy atom. The number of para-hydroxylation sites is 2. The summed E-state index contributed by atoms with van der Waals surface area (Å²) in [6.07, 6.45) is 3.04. The first-order valence-corrected chi connectivity index (χ1v) is 6.72. The monoisotopic (exact) mass is 294 g/mol. The fourth-order valence-electron chi connectivity index (χ4n) is 2.00. The van der Waals surface area contributed by atoms with Crippen molar-refractivity contribution in [1.82, 2.24) is 4.98 Å². The van der Waals surface area contributed by atoms with E-state index >= 15 is 0 Å². The van der Waals surface area contributed by atoms with Crippen molar-refractivity contribution in [2.45, 2.75) is 0 Å². The maximum Gasteiger partial charge on any atom is 0.249 e. The predicted molar refractivity (Wildman–Crippen MR) is 82.1 cm³/mol. The highest BCUT2D eigenvalue weighted by molar-refractivity contribution is 6.11. The van der Waals surface area contributed by atoms with Gasteiger partial charge < -0.3 is 14.0 Å². The van der Waals surface area contributed by atoms with Gasteiger partial charge >= 0.3 is 0 Å². The molecule has 0 bridgehead atoms. The molecule has 110 valence electrons. The molecule has 0 aliphatic carbocycles. The molecule has 5 heteroatoms. The second-order valence-electron chi connectivity index (χ2n) is 4.37. The van der Waals surface area contributed by atoms with Gasteiger partial charge in [-0.2, -0.15) is 0 Å². The highest BCUT2D eigenvalue weighted by Gasteiger charge is 2.17. The second-order valence-corrected chi connectivity index (χ2v) is 4.37. The molecule has 0 radical (unpaired) electrons. The first-order valence-electron chi connectivity index (χ1n) is 6.72. The van der Waals surface area contributed by atoms with Gasteiger partial charge in [0.2, 0.25) is 5.89 Å². The molecule has 0 unspecified atom stereocenters. The first kappa shape index (κ1) is 13.9. The average Bonchev–Trinajstić information content (AvgIpc) is 3.09. The lowest BCUT2D eigenvalue weighted by Crippen LogP contribution is -2.06. The number of aromatic nitrogens is 1. The number of oxime groups is 1. The minimum Gasteiger partial charge on any atom is -0.457 e. The van der Waals surface area contributed by atoms with Gasteiger partial charge in [-0.15, -0.1) is 0 Å². The van der Waals surface area contributed by atoms with E-state index in [0.717, 1.165) is 11.3 Å². The molecule has 0 atom stereocenters. The number of rotatable bonds is 5. The van der Waals surface area contributed by atoms with Gasteiger partial charge in [-0.25, -0.2) is 4.98 Å². The summed E-state index contributed by atoms with van der Waals surface area (Å²) in [5.41, 5.74) is 1.20. The Bertz CT molecular complexity index is 753. The predicted octanol–water partition coefficient (Wildman–Crippen LogP) is 3.87. The first-order chi connectivity index (χ1) is 10.9. The van der Waals surface area contributed by atoms with Gasteiger partial charge in [0.25, 0.3) is 0 Å². The number of hydrogen-bond donors (Lipinski definition) is 0. The van der Waals surface area contributed by atoms with Crippen LogP contribution in [0.4, 0.5) is 0 Å². The van der Waals surface area contributed by atoms with Crippen molar-refractivity contribution in [2.75, 3.05) is 7.11 Å². The largest absolute Gasteiger partial charge is 0.457 e. The van der Waals surface area contributed by atoms with Crippen molar-refractivity contribution >= 4 is 5.71 Å². The second kappa shape index (κ2) is 6.58. The fourth-order valence-corrected chi connectivity index (χ4v) is 2.00. The molecular formula is C17H14N2O3. The normalized spacial score (nSPS) is 11.2. The minimum absolute atomic E-state index is 0.367. The lowest BCUT2D eigenvalue weighted by atomic mass is 10.1. The summed E-state index contributed by atoms with van der Waals surface area (Å²) in [5.74, 6) is 1.74. The molecule has 0 fully saturated rings. The highest BCUT2D eigenvalue weighted by Crippen LogP contribution is 2.27. The molecule has 2 aromatic carbocycles. The van der Waals surface area contributed by atoms with Crippen LogP contribution in [0.25, 0.3) is 0 Å². The number of oxazole rings is 1. The molecule has 0 saturated carbocycles. The van der Waals surface area contributed by atoms with Crippen LogP contribution in [0.5, 0.6) is 11.5 Å². The summed E-state index contributed by atoms with van der Waals surface area (Å²) in [6, 6.07) is 17.0. The van der Waals surface area contributed by atoms with Crippen LogP contribution < -0.4 is 4.74 Å². The van der Waals surface area contributed by atoms with Gasteiger partial charge in [0.05, 0.1) is 11.8 Å². The highest BCUT2D eigenvalue weighted by atomic mass is 16.6. The van der Waals surface area contributed by atoms with E-state index in [2.05, 4.69) is 10.1 Å². The molecule has 1 aromatic heterocycles. The Morgan fingerprint density at radius 3 is 2.55 bits per heavy atom. The topological polar surface area (TPSA) is 56.9 Å². The molecular weight excluding hydrogens is 280 g/mol. The molecule has 0 aliphatic rings. The van der Waals surface area contributed by atoms with E-state index < -0.39 is 0 Å². The summed E-state index contributed by atoms with van der Waals surface area (Å²) in [6.45, 7) is 0. The van der Waals surface area contributed by atoms with Crippen LogP contribution in [0.1, 0.15) is 11.5 Å². The smallest absolute Gasteiger partial charge is 0.249 e. The standard InChI is InChI=1S/C17H14N2O3/c1-20-19-16(17-18-11-12-21-17)14-9-5-6-10-15(14)22-13-7-3-2-4-8-13/h2-12H,1H3/b19-16-. The number of nitrogens with zero attached hydrogens (tertiary/aromatic N) is 2. The van der Waals surface area contributed by atoms with Crippen molar-refractivity contribution in [2.24, 2.45) is 5.16 Å². The number of hydrogen-bond acceptors (Lipinski definition) is 5. The Morgan fingerprint density at radius 1 is 1.05 bits per heavy atom. The zero-order chi connectivity index (χ0) is 15.2. The van der Waals surface area contributed by atoms with Gasteiger partial charge in [0.1, 0.15) is 24.9 Å². The Labute approximate surface area is 127 Å². The van der Waals surface area contributed by atoms with Crippen molar-refractivity contribution < 1.29 is 14.0 Å². The third-order valence-corrected chi connectivity index (χ3v) is 2.93. The quantitative estimate of drug-likeness (QED) is 0.529. The Kier molecular flexibility index (Phi) is 4.15. The van der Waals surface area contributed by atoms with Crippen molar-refractivity contribution in [3.63, 3.8) is 0 Å². The average molecular weight is 294 g/mol. The zero-order valence-electron chi connectivity index (χ0n) is 12.0. The van der Waals surface area contributed by atoms with Gasteiger partial charge in [-0.1, -0.05) is 35.5 Å². The van der Waals surface area contributed by atoms with E-state index in [4.69, 9.17) is 14.0 Å². The maximum absolute atomic E-state index is 5.93. The molecule has 22 heavy (non-hydrogen) atoms. The molecule has 0 aliphatic heterocycles. The van der Waals surface area contributed by atoms with Crippen LogP contribution in [0.2, 0.25) is 0 Å². The minimum atomic E-state index is 0.367. The third-order valence-electron chi connectivity index (χ3n) is 2.93.